The Morgan fingerprint density at radius 2 is 0.662 bits per heavy atom. The Morgan fingerprint density at radius 1 is 0.366 bits per heavy atom. The minimum atomic E-state index is -1.20. The van der Waals surface area contributed by atoms with Crippen LogP contribution in [0.25, 0.3) is 0 Å². The Bertz CT molecular complexity index is 4180. The van der Waals surface area contributed by atoms with Gasteiger partial charge in [0.1, 0.15) is 13.2 Å². The smallest absolute Gasteiger partial charge is 0.345 e. The first-order valence-corrected chi connectivity index (χ1v) is 48.8. The summed E-state index contributed by atoms with van der Waals surface area (Å²) < 4.78 is 19.3. The number of amides is 10. The van der Waals surface area contributed by atoms with Gasteiger partial charge in [-0.3, -0.25) is 101 Å². The SMILES string of the molecule is CNC(=O)CCCCCN.CNC(=O)CCCCCNC(=O)CN(CC(=O)NCCCCCC(=O)NC)CC(=O)NCCCCCC(=O)OC(=O)c1ccccc1.CNC(=O)CCCCCN[B]C=O.NCCCCCC(=O)OCc1ccccc1.O=C(O)CN(CC(=O)O)CC(=O)NCCCCCC(=O)OCc1ccccc1.O=C(O)CN1CC(=O)OC(=O)C1.O=C[B]NCCCCCC(=O)ON1C(=O)CCC1=O. The average Bonchev–Trinajstić information content (AvgIpc) is 1.73. The molecule has 0 saturated carbocycles. The van der Waals surface area contributed by atoms with E-state index in [0.717, 1.165) is 119 Å². The highest BCUT2D eigenvalue weighted by atomic mass is 16.7. The number of hydroxylamine groups is 2. The van der Waals surface area contributed by atoms with Crippen molar-refractivity contribution < 1.29 is 145 Å². The second-order valence-corrected chi connectivity index (χ2v) is 32.6. The van der Waals surface area contributed by atoms with Crippen molar-refractivity contribution in [2.24, 2.45) is 11.5 Å². The maximum Gasteiger partial charge on any atom is 0.345 e. The second-order valence-electron chi connectivity index (χ2n) is 32.6. The van der Waals surface area contributed by atoms with Gasteiger partial charge < -0.3 is 113 Å². The zero-order chi connectivity index (χ0) is 108. The number of nitrogens with one attached hydrogen (secondary N) is 10. The number of carbonyl (C=O) groups is 22. The van der Waals surface area contributed by atoms with E-state index in [-0.39, 0.29) is 131 Å². The Kier molecular flexibility index (Phi) is 85.0. The highest BCUT2D eigenvalue weighted by Gasteiger charge is 2.33. The van der Waals surface area contributed by atoms with Gasteiger partial charge in [0.25, 0.3) is 26.6 Å². The third-order valence-corrected chi connectivity index (χ3v) is 20.1. The van der Waals surface area contributed by atoms with Crippen LogP contribution in [0.3, 0.4) is 0 Å². The Hall–Kier alpha value is -13.2. The fourth-order valence-electron chi connectivity index (χ4n) is 12.4. The van der Waals surface area contributed by atoms with Gasteiger partial charge in [-0.25, -0.2) is 9.59 Å². The number of nitrogens with zero attached hydrogens (tertiary/aromatic N) is 4. The summed E-state index contributed by atoms with van der Waals surface area (Å²) in [6, 6.07) is 27.4. The van der Waals surface area contributed by atoms with Gasteiger partial charge in [0.05, 0.1) is 76.8 Å². The van der Waals surface area contributed by atoms with Crippen molar-refractivity contribution in [3.05, 3.63) is 108 Å². The van der Waals surface area contributed by atoms with E-state index in [1.807, 2.05) is 60.7 Å². The molecule has 145 heavy (non-hydrogen) atoms. The van der Waals surface area contributed by atoms with Crippen molar-refractivity contribution in [2.75, 3.05) is 139 Å². The number of aliphatic carboxylic acids is 3. The van der Waals surface area contributed by atoms with Crippen LogP contribution in [-0.4, -0.2) is 320 Å². The van der Waals surface area contributed by atoms with Gasteiger partial charge in [0.2, 0.25) is 47.3 Å². The highest BCUT2D eigenvalue weighted by molar-refractivity contribution is 6.64. The van der Waals surface area contributed by atoms with Crippen molar-refractivity contribution in [1.82, 2.24) is 72.8 Å². The summed E-state index contributed by atoms with van der Waals surface area (Å²) in [4.78, 5) is 255. The van der Waals surface area contributed by atoms with Gasteiger partial charge in [-0.05, 0) is 152 Å². The van der Waals surface area contributed by atoms with Crippen LogP contribution >= 0.6 is 0 Å². The summed E-state index contributed by atoms with van der Waals surface area (Å²) in [6.45, 7) is 2.66. The van der Waals surface area contributed by atoms with E-state index in [9.17, 15) is 105 Å². The summed E-state index contributed by atoms with van der Waals surface area (Å²) in [5, 5.41) is 53.3. The molecule has 0 aliphatic carbocycles. The number of esters is 6. The van der Waals surface area contributed by atoms with E-state index < -0.39 is 78.6 Å². The predicted molar refractivity (Wildman–Crippen MR) is 535 cm³/mol. The molecule has 0 bridgehead atoms. The molecule has 2 aliphatic rings. The molecule has 0 aromatic heterocycles. The van der Waals surface area contributed by atoms with Crippen molar-refractivity contribution in [1.29, 1.82) is 0 Å². The Balaban J connectivity index is 0. The van der Waals surface area contributed by atoms with Crippen LogP contribution in [0.2, 0.25) is 0 Å². The third kappa shape index (κ3) is 85.0. The van der Waals surface area contributed by atoms with E-state index in [1.54, 1.807) is 58.5 Å². The van der Waals surface area contributed by atoms with Crippen LogP contribution in [0, 0.1) is 0 Å². The number of carboxylic acid groups (broad SMARTS) is 3. The van der Waals surface area contributed by atoms with Crippen molar-refractivity contribution in [3.63, 3.8) is 0 Å². The molecular weight excluding hydrogens is 1890 g/mol. The fraction of sp³-hybridized carbons (Fsp3) is 0.588. The lowest BCUT2D eigenvalue weighted by atomic mass is 9.99. The van der Waals surface area contributed by atoms with E-state index in [0.29, 0.717) is 172 Å². The largest absolute Gasteiger partial charge is 0.480 e. The number of carbonyl (C=O) groups excluding carboxylic acids is 19. The van der Waals surface area contributed by atoms with Crippen LogP contribution in [0.4, 0.5) is 0 Å². The topological polar surface area (TPSA) is 668 Å². The summed E-state index contributed by atoms with van der Waals surface area (Å²) in [7, 11) is 9.18. The number of cyclic esters (lactones) is 2. The Morgan fingerprint density at radius 3 is 0.972 bits per heavy atom. The lowest BCUT2D eigenvalue weighted by Crippen LogP contribution is -2.47. The quantitative estimate of drug-likeness (QED) is 0.00733. The molecule has 2 radical (unpaired) electrons. The summed E-state index contributed by atoms with van der Waals surface area (Å²) >= 11 is 0. The summed E-state index contributed by atoms with van der Waals surface area (Å²) in [5.74, 6) is -9.33. The number of carboxylic acids is 3. The van der Waals surface area contributed by atoms with Crippen molar-refractivity contribution >= 4 is 146 Å². The molecular formula is C97H152B2N16O30. The van der Waals surface area contributed by atoms with Crippen LogP contribution < -0.4 is 64.5 Å². The zero-order valence-corrected chi connectivity index (χ0v) is 84.3. The molecule has 0 unspecified atom stereocenters. The van der Waals surface area contributed by atoms with Crippen molar-refractivity contribution in [3.8, 4) is 0 Å². The maximum absolute atomic E-state index is 12.6. The van der Waals surface area contributed by atoms with E-state index in [2.05, 4.69) is 57.7 Å². The zero-order valence-electron chi connectivity index (χ0n) is 84.3. The molecule has 2 fully saturated rings. The molecule has 0 atom stereocenters. The van der Waals surface area contributed by atoms with Gasteiger partial charge >= 0.3 is 59.7 Å². The van der Waals surface area contributed by atoms with Gasteiger partial charge in [-0.15, -0.1) is 5.06 Å². The number of imide groups is 1. The number of hydrogen-bond acceptors (Lipinski definition) is 34. The van der Waals surface area contributed by atoms with Crippen LogP contribution in [0.1, 0.15) is 240 Å². The number of rotatable bonds is 70. The van der Waals surface area contributed by atoms with Crippen LogP contribution in [0.15, 0.2) is 91.0 Å². The molecule has 2 saturated heterocycles. The third-order valence-electron chi connectivity index (χ3n) is 20.1. The average molecular weight is 2040 g/mol. The molecule has 48 heteroatoms. The maximum atomic E-state index is 12.6. The predicted octanol–water partition coefficient (Wildman–Crippen LogP) is 2.27. The van der Waals surface area contributed by atoms with Gasteiger partial charge in [0.15, 0.2) is 0 Å². The van der Waals surface area contributed by atoms with E-state index >= 15 is 0 Å². The molecule has 46 nitrogen and oxygen atoms in total. The second kappa shape index (κ2) is 92.0. The number of nitrogens with two attached hydrogens (primary N) is 2. The lowest BCUT2D eigenvalue weighted by Gasteiger charge is -2.21. The number of morpholine rings is 1. The first-order chi connectivity index (χ1) is 69.7. The molecule has 0 spiro atoms. The lowest BCUT2D eigenvalue weighted by molar-refractivity contribution is -0.197. The normalized spacial score (nSPS) is 11.5. The molecule has 17 N–H and O–H groups in total. The molecule has 2 aliphatic heterocycles. The van der Waals surface area contributed by atoms with Gasteiger partial charge in [-0.1, -0.05) is 130 Å². The first kappa shape index (κ1) is 134. The number of ether oxygens (including phenoxy) is 4. The minimum Gasteiger partial charge on any atom is -0.480 e. The van der Waals surface area contributed by atoms with Gasteiger partial charge in [0, 0.05) is 119 Å². The van der Waals surface area contributed by atoms with Gasteiger partial charge in [-0.2, -0.15) is 0 Å². The van der Waals surface area contributed by atoms with Crippen LogP contribution in [-0.2, 0) is 138 Å². The molecule has 3 aromatic carbocycles. The molecule has 2 heterocycles. The first-order valence-electron chi connectivity index (χ1n) is 48.8. The summed E-state index contributed by atoms with van der Waals surface area (Å²) in [5.41, 5.74) is 12.9. The molecule has 5 rings (SSSR count). The number of hydrogen-bond donors (Lipinski definition) is 15. The van der Waals surface area contributed by atoms with E-state index in [1.165, 1.54) is 24.6 Å². The van der Waals surface area contributed by atoms with Crippen molar-refractivity contribution in [2.45, 2.75) is 232 Å². The van der Waals surface area contributed by atoms with Crippen LogP contribution in [0.5, 0.6) is 0 Å². The minimum absolute atomic E-state index is 0.0259. The summed E-state index contributed by atoms with van der Waals surface area (Å²) in [6.07, 6.45) is 23.8. The fourth-order valence-corrected chi connectivity index (χ4v) is 12.4. The van der Waals surface area contributed by atoms with E-state index in [4.69, 9.17) is 45.8 Å². The standard InChI is InChI=1S/C33H52N6O8.C19H26N2O7.C13H19NO2.C11H16BN2O5.C8H16BN2O2.C7H16N2O.C6H7NO5/c1-34-27(40)17-9-4-12-20-36-29(42)23-39(24-30(43)37-21-13-5-10-18-28(41)35-2)25-31(44)38-22-14-6-11-19-32(45)47-33(46)26-15-7-3-8-16-26;22-16(11-21(12-17(23)24)13-18(25)26)20-10-6-2-5-9-19(27)28-14-15-7-3-1-4-8-15;14-10-6-2-5-9-13(15)16-11-12-7-3-1-4-8-12;15-8-12-13-7-3-1-2-4-11(18)19-14-9(16)5-6-10(14)17;1-10-8(13)5-3-2-4-6-11-9-7-12;1-9-7(10)5-3-2-4-6-8;8-4(9)1-7-2-5(10)12-6(11)3-7/h3,7-8,15-16H,4-6,9-14,17-25H2,1-2H3,(H,34,40)(H,35,41)(H,36,42)(H,37,43)(H,38,44);1,3-4,7-8H,2,5-6,9-14H2,(H,20,22)(H,23,24)(H,25,26);1,3-4,7-8H,2,5-6,9-11,14H2;8,13H,1-7H2;7,11H,2-6H2,1H3,(H,10,13);2-6,8H2,1H3,(H,9,10);1-3H2,(H,8,9). The molecule has 10 amide bonds. The Labute approximate surface area is 849 Å². The molecule has 3 aromatic rings. The molecule has 806 valence electrons. The number of unbranched alkanes of at least 4 members (excludes halogenated alkanes) is 16. The monoisotopic (exact) mass is 2040 g/mol. The highest BCUT2D eigenvalue weighted by Crippen LogP contribution is 2.15. The number of benzene rings is 3.